The third-order valence-corrected chi connectivity index (χ3v) is 10.6. The van der Waals surface area contributed by atoms with E-state index in [1.807, 2.05) is 12.2 Å². The molecule has 0 heterocycles. The predicted octanol–water partition coefficient (Wildman–Crippen LogP) is 6.79. The van der Waals surface area contributed by atoms with Gasteiger partial charge in [0.15, 0.2) is 0 Å². The van der Waals surface area contributed by atoms with Crippen LogP contribution in [0.1, 0.15) is 53.4 Å². The van der Waals surface area contributed by atoms with Crippen LogP contribution in [0.2, 0.25) is 0 Å². The summed E-state index contributed by atoms with van der Waals surface area (Å²) in [6.07, 6.45) is 13.3. The Labute approximate surface area is 215 Å². The number of rotatable bonds is 7. The van der Waals surface area contributed by atoms with Gasteiger partial charge in [-0.25, -0.2) is 0 Å². The minimum Gasteiger partial charge on any atom is -0.389 e. The van der Waals surface area contributed by atoms with E-state index in [4.69, 9.17) is 4.74 Å². The summed E-state index contributed by atoms with van der Waals surface area (Å²) in [6.45, 7) is 12.9. The number of benzene rings is 2. The van der Waals surface area contributed by atoms with E-state index in [0.29, 0.717) is 24.9 Å². The third-order valence-electron chi connectivity index (χ3n) is 10.6. The highest BCUT2D eigenvalue weighted by Gasteiger charge is 2.74. The Bertz CT molecular complexity index is 1230. The van der Waals surface area contributed by atoms with E-state index in [1.54, 1.807) is 0 Å². The van der Waals surface area contributed by atoms with E-state index in [0.717, 1.165) is 12.8 Å². The molecule has 2 heteroatoms. The summed E-state index contributed by atoms with van der Waals surface area (Å²) in [4.78, 5) is 0. The summed E-state index contributed by atoms with van der Waals surface area (Å²) < 4.78 is 7.09. The molecule has 0 unspecified atom stereocenters. The van der Waals surface area contributed by atoms with Crippen molar-refractivity contribution in [1.29, 1.82) is 0 Å². The Balaban J connectivity index is 1.57. The van der Waals surface area contributed by atoms with E-state index in [-0.39, 0.29) is 35.5 Å². The first-order valence-corrected chi connectivity index (χ1v) is 13.7. The molecule has 2 nitrogen and oxygen atoms in total. The van der Waals surface area contributed by atoms with Crippen molar-refractivity contribution >= 4 is 0 Å². The fourth-order valence-electron chi connectivity index (χ4n) is 9.94. The lowest BCUT2D eigenvalue weighted by Gasteiger charge is -2.69. The summed E-state index contributed by atoms with van der Waals surface area (Å²) in [5.74, 6) is 1.70. The first-order chi connectivity index (χ1) is 17.6. The van der Waals surface area contributed by atoms with E-state index < -0.39 is 11.2 Å². The fourth-order valence-corrected chi connectivity index (χ4v) is 9.94. The second-order valence-electron chi connectivity index (χ2n) is 11.8. The normalized spacial score (nSPS) is 42.2. The molecule has 0 aromatic heterocycles. The van der Waals surface area contributed by atoms with Gasteiger partial charge in [0, 0.05) is 35.5 Å². The van der Waals surface area contributed by atoms with Crippen LogP contribution < -0.4 is 0 Å². The number of hydrogen-bond donors (Lipinski definition) is 1. The van der Waals surface area contributed by atoms with Crippen LogP contribution in [0.4, 0.5) is 0 Å². The van der Waals surface area contributed by atoms with Gasteiger partial charge in [-0.3, -0.25) is 0 Å². The Morgan fingerprint density at radius 3 is 1.78 bits per heavy atom. The van der Waals surface area contributed by atoms with Crippen molar-refractivity contribution in [3.63, 3.8) is 0 Å². The SMILES string of the molecule is C=CCO[C@@]1(CC=C)[C@H]2[C@H]([C@H]3C=C[C@@H]2C3)[C@](O)(CC=C)[C@H]2C3c4ccccc4C(c4ccccc43)[C@H]21. The van der Waals surface area contributed by atoms with Crippen molar-refractivity contribution in [3.8, 4) is 0 Å². The van der Waals surface area contributed by atoms with Crippen molar-refractivity contribution in [1.82, 2.24) is 0 Å². The number of hydrogen-bond acceptors (Lipinski definition) is 2. The van der Waals surface area contributed by atoms with Gasteiger partial charge in [-0.15, -0.1) is 19.7 Å². The van der Waals surface area contributed by atoms with Crippen LogP contribution in [-0.4, -0.2) is 22.9 Å². The lowest BCUT2D eigenvalue weighted by Crippen LogP contribution is -2.71. The van der Waals surface area contributed by atoms with E-state index >= 15 is 0 Å². The summed E-state index contributed by atoms with van der Waals surface area (Å²) in [7, 11) is 0. The maximum atomic E-state index is 13.1. The Morgan fingerprint density at radius 2 is 1.25 bits per heavy atom. The predicted molar refractivity (Wildman–Crippen MR) is 145 cm³/mol. The minimum absolute atomic E-state index is 0.0454. The summed E-state index contributed by atoms with van der Waals surface area (Å²) in [5.41, 5.74) is 4.35. The molecule has 2 fully saturated rings. The van der Waals surface area contributed by atoms with Crippen molar-refractivity contribution in [3.05, 3.63) is 121 Å². The van der Waals surface area contributed by atoms with Crippen LogP contribution >= 0.6 is 0 Å². The number of aliphatic hydroxyl groups is 1. The summed E-state index contributed by atoms with van der Waals surface area (Å²) in [6, 6.07) is 18.0. The van der Waals surface area contributed by atoms with Crippen LogP contribution in [-0.2, 0) is 4.74 Å². The van der Waals surface area contributed by atoms with Crippen LogP contribution in [0.3, 0.4) is 0 Å². The zero-order chi connectivity index (χ0) is 24.7. The number of fused-ring (bicyclic) bond motifs is 5. The first-order valence-electron chi connectivity index (χ1n) is 13.7. The molecule has 6 aliphatic rings. The van der Waals surface area contributed by atoms with E-state index in [1.165, 1.54) is 22.3 Å². The minimum atomic E-state index is -0.840. The van der Waals surface area contributed by atoms with Gasteiger partial charge < -0.3 is 9.84 Å². The highest BCUT2D eigenvalue weighted by atomic mass is 16.5. The van der Waals surface area contributed by atoms with Gasteiger partial charge in [-0.1, -0.05) is 78.9 Å². The number of ether oxygens (including phenoxy) is 1. The lowest BCUT2D eigenvalue weighted by molar-refractivity contribution is -0.256. The molecular formula is C34H36O2. The van der Waals surface area contributed by atoms with Crippen LogP contribution in [0.25, 0.3) is 0 Å². The van der Waals surface area contributed by atoms with E-state index in [9.17, 15) is 5.11 Å². The van der Waals surface area contributed by atoms with Crippen molar-refractivity contribution < 1.29 is 9.84 Å². The van der Waals surface area contributed by atoms with Gasteiger partial charge in [0.25, 0.3) is 0 Å². The molecule has 184 valence electrons. The van der Waals surface area contributed by atoms with Crippen LogP contribution in [0.15, 0.2) is 98.6 Å². The average molecular weight is 477 g/mol. The molecule has 2 aromatic carbocycles. The Kier molecular flexibility index (Phi) is 4.94. The molecule has 8 rings (SSSR count). The van der Waals surface area contributed by atoms with Crippen molar-refractivity contribution in [2.45, 2.75) is 42.3 Å². The largest absolute Gasteiger partial charge is 0.389 e. The van der Waals surface area contributed by atoms with Crippen LogP contribution in [0, 0.1) is 35.5 Å². The summed E-state index contributed by atoms with van der Waals surface area (Å²) in [5, 5.41) is 13.1. The lowest BCUT2D eigenvalue weighted by atomic mass is 9.38. The molecule has 1 N–H and O–H groups in total. The van der Waals surface area contributed by atoms with Gasteiger partial charge in [0.05, 0.1) is 17.8 Å². The van der Waals surface area contributed by atoms with E-state index in [2.05, 4.69) is 86.5 Å². The molecule has 8 atom stereocenters. The molecule has 0 saturated heterocycles. The Hall–Kier alpha value is -2.68. The molecule has 36 heavy (non-hydrogen) atoms. The average Bonchev–Trinajstić information content (AvgIpc) is 3.53. The second-order valence-corrected chi connectivity index (χ2v) is 11.8. The highest BCUT2D eigenvalue weighted by molar-refractivity contribution is 5.59. The molecule has 4 bridgehead atoms. The quantitative estimate of drug-likeness (QED) is 0.446. The molecule has 0 amide bonds. The zero-order valence-electron chi connectivity index (χ0n) is 20.9. The van der Waals surface area contributed by atoms with Gasteiger partial charge in [-0.05, 0) is 53.4 Å². The van der Waals surface area contributed by atoms with Gasteiger partial charge in [0.1, 0.15) is 0 Å². The molecule has 0 spiro atoms. The molecule has 6 aliphatic carbocycles. The molecule has 2 saturated carbocycles. The smallest absolute Gasteiger partial charge is 0.0799 e. The fraction of sp³-hybridized carbons (Fsp3) is 0.412. The van der Waals surface area contributed by atoms with Crippen molar-refractivity contribution in [2.75, 3.05) is 6.61 Å². The number of allylic oxidation sites excluding steroid dienone is 2. The summed E-state index contributed by atoms with van der Waals surface area (Å²) >= 11 is 0. The topological polar surface area (TPSA) is 29.5 Å². The van der Waals surface area contributed by atoms with Crippen LogP contribution in [0.5, 0.6) is 0 Å². The van der Waals surface area contributed by atoms with Gasteiger partial charge >= 0.3 is 0 Å². The zero-order valence-corrected chi connectivity index (χ0v) is 20.9. The molecule has 0 aliphatic heterocycles. The first kappa shape index (κ1) is 22.5. The molecule has 2 aromatic rings. The highest BCUT2D eigenvalue weighted by Crippen LogP contribution is 2.74. The maximum absolute atomic E-state index is 13.1. The van der Waals surface area contributed by atoms with Gasteiger partial charge in [0.2, 0.25) is 0 Å². The maximum Gasteiger partial charge on any atom is 0.0799 e. The standard InChI is InChI=1S/C34H36O2/c1-4-17-33(35)29-21-15-16-22(20-21)30(29)34(18-5-2,36-19-6-3)32-28-25-13-9-7-11-23(25)27(31(32)33)24-12-8-10-14-26(24)28/h4-16,21-22,27-32,35H,1-3,17-20H2/t21-,22+,27?,28?,29-,30+,31-,32+,33+,34-/m0/s1. The Morgan fingerprint density at radius 1 is 0.722 bits per heavy atom. The third kappa shape index (κ3) is 2.60. The molecule has 0 radical (unpaired) electrons. The monoisotopic (exact) mass is 476 g/mol. The van der Waals surface area contributed by atoms with Gasteiger partial charge in [-0.2, -0.15) is 0 Å². The van der Waals surface area contributed by atoms with Crippen molar-refractivity contribution in [2.24, 2.45) is 35.5 Å². The second kappa shape index (κ2) is 7.91. The molecular weight excluding hydrogens is 440 g/mol.